The first kappa shape index (κ1) is 42.7. The standard InChI is InChI=1S/C54H71NO9/c1-31(32-9-2-3-10-32)34-15-16-40-48-49(19-8-14-37(49)18-22-63-48)28-51(29-56)43-17-21-50-20-7-6-12-33-11-4-5-13-35(33)25-42(55-30-57)38-23-36(45(50)39-26-44(58)64-46(38)39)27-52(50,60)54(43,62)47(59)41(24-34)53(40,51)61/h4-5,11,13,26,29,31-32,34,36-38,40-43,45-48,55,57,59-62H,2-3,7-10,14-25,27-28,30H2,1H3/t31-,34-,36-,37-,38+,40-,41+,42-,43-,45-,46+,47+,48-,49+,50-,51+,52-,53-,54-/m1/s1. The van der Waals surface area contributed by atoms with Crippen molar-refractivity contribution in [1.29, 1.82) is 0 Å². The molecule has 12 rings (SSSR count). The van der Waals surface area contributed by atoms with Crippen molar-refractivity contribution in [2.75, 3.05) is 13.3 Å². The van der Waals surface area contributed by atoms with Gasteiger partial charge in [0.15, 0.2) is 0 Å². The number of aliphatic hydroxyl groups is 5. The minimum Gasteiger partial charge on any atom is -0.454 e. The van der Waals surface area contributed by atoms with E-state index >= 15 is 0 Å². The lowest BCUT2D eigenvalue weighted by molar-refractivity contribution is -0.389. The minimum atomic E-state index is -2.15. The zero-order valence-electron chi connectivity index (χ0n) is 37.8. The average molecular weight is 878 g/mol. The Morgan fingerprint density at radius 3 is 2.58 bits per heavy atom. The molecule has 10 nitrogen and oxygen atoms in total. The smallest absolute Gasteiger partial charge is 0.331 e. The van der Waals surface area contributed by atoms with E-state index in [-0.39, 0.29) is 60.3 Å². The SMILES string of the molecule is C[C@H](C1CCCC1)[C@@H]1CC[C@@H]2[C@H]3OCC[C@H]4CCC[C@]43C[C@]3(C=O)[C@H]4CC[C@@]56CCC#Cc7ccccc7C[C@@H](NCO)[C@@H]7C[C@H](C[C@]5(O)[C@]4(O)[C@@H](O)[C@H](C1)[C@]23O)[C@@H]6C1=CC(=O)O[C@H]17. The maximum atomic E-state index is 14.9. The van der Waals surface area contributed by atoms with Crippen LogP contribution in [0.3, 0.4) is 0 Å². The molecule has 2 heterocycles. The Hall–Kier alpha value is -2.62. The van der Waals surface area contributed by atoms with Gasteiger partial charge < -0.3 is 39.8 Å². The molecule has 4 bridgehead atoms. The summed E-state index contributed by atoms with van der Waals surface area (Å²) in [6.07, 6.45) is 14.5. The Kier molecular flexibility index (Phi) is 9.97. The van der Waals surface area contributed by atoms with Gasteiger partial charge in [0.1, 0.15) is 23.6 Å². The zero-order chi connectivity index (χ0) is 44.0. The quantitative estimate of drug-likeness (QED) is 0.0926. The van der Waals surface area contributed by atoms with E-state index in [1.165, 1.54) is 25.7 Å². The van der Waals surface area contributed by atoms with Gasteiger partial charge in [0.05, 0.1) is 30.0 Å². The lowest BCUT2D eigenvalue weighted by Gasteiger charge is -2.75. The summed E-state index contributed by atoms with van der Waals surface area (Å²) in [7, 11) is 0. The number of fused-ring (bicyclic) bond motifs is 8. The minimum absolute atomic E-state index is 0.169. The summed E-state index contributed by atoms with van der Waals surface area (Å²) in [6, 6.07) is 7.78. The predicted molar refractivity (Wildman–Crippen MR) is 237 cm³/mol. The van der Waals surface area contributed by atoms with Gasteiger partial charge in [-0.05, 0) is 136 Å². The molecule has 0 aromatic heterocycles. The van der Waals surface area contributed by atoms with E-state index in [4.69, 9.17) is 9.47 Å². The second-order valence-electron chi connectivity index (χ2n) is 23.6. The highest BCUT2D eigenvalue weighted by molar-refractivity contribution is 5.86. The topological polar surface area (TPSA) is 166 Å². The summed E-state index contributed by atoms with van der Waals surface area (Å²) >= 11 is 0. The third kappa shape index (κ3) is 5.30. The van der Waals surface area contributed by atoms with Crippen LogP contribution in [-0.2, 0) is 25.5 Å². The van der Waals surface area contributed by atoms with E-state index in [1.54, 1.807) is 6.08 Å². The Labute approximate surface area is 378 Å². The number of rotatable bonds is 5. The van der Waals surface area contributed by atoms with Crippen molar-refractivity contribution in [3.05, 3.63) is 47.0 Å². The summed E-state index contributed by atoms with van der Waals surface area (Å²) in [5.74, 6) is 5.05. The number of ether oxygens (including phenoxy) is 2. The van der Waals surface area contributed by atoms with Crippen molar-refractivity contribution < 1.29 is 44.6 Å². The molecule has 64 heavy (non-hydrogen) atoms. The highest BCUT2D eigenvalue weighted by atomic mass is 16.5. The van der Waals surface area contributed by atoms with Crippen LogP contribution in [0.4, 0.5) is 0 Å². The number of hydrogen-bond acceptors (Lipinski definition) is 10. The summed E-state index contributed by atoms with van der Waals surface area (Å²) in [5.41, 5.74) is -5.68. The van der Waals surface area contributed by atoms with Crippen LogP contribution in [0.5, 0.6) is 0 Å². The highest BCUT2D eigenvalue weighted by Crippen LogP contribution is 2.80. The van der Waals surface area contributed by atoms with E-state index in [1.807, 2.05) is 18.2 Å². The van der Waals surface area contributed by atoms with Gasteiger partial charge in [-0.25, -0.2) is 4.79 Å². The molecule has 19 atom stereocenters. The number of carbonyl (C=O) groups is 2. The molecule has 2 aliphatic heterocycles. The van der Waals surface area contributed by atoms with E-state index < -0.39 is 57.6 Å². The molecule has 11 aliphatic rings. The second-order valence-corrected chi connectivity index (χ2v) is 23.6. The molecule has 0 radical (unpaired) electrons. The largest absolute Gasteiger partial charge is 0.454 e. The summed E-state index contributed by atoms with van der Waals surface area (Å²) in [6.45, 7) is 2.74. The average Bonchev–Trinajstić information content (AvgIpc) is 4.08. The number of carbonyl (C=O) groups excluding carboxylic acids is 2. The molecule has 1 aromatic rings. The van der Waals surface area contributed by atoms with Crippen molar-refractivity contribution in [1.82, 2.24) is 5.32 Å². The van der Waals surface area contributed by atoms with Crippen LogP contribution in [0.25, 0.3) is 0 Å². The Morgan fingerprint density at radius 2 is 1.77 bits per heavy atom. The molecule has 2 spiro atoms. The van der Waals surface area contributed by atoms with Crippen molar-refractivity contribution in [2.24, 2.45) is 75.4 Å². The lowest BCUT2D eigenvalue weighted by Crippen LogP contribution is -2.86. The predicted octanol–water partition coefficient (Wildman–Crippen LogP) is 5.78. The van der Waals surface area contributed by atoms with Crippen LogP contribution < -0.4 is 5.32 Å². The molecular weight excluding hydrogens is 807 g/mol. The van der Waals surface area contributed by atoms with Crippen molar-refractivity contribution in [2.45, 2.75) is 170 Å². The van der Waals surface area contributed by atoms with E-state index in [0.29, 0.717) is 75.7 Å². The molecule has 9 aliphatic carbocycles. The fraction of sp³-hybridized carbons (Fsp3) is 0.778. The summed E-state index contributed by atoms with van der Waals surface area (Å²) in [4.78, 5) is 28.5. The molecule has 0 amide bonds. The molecule has 6 N–H and O–H groups in total. The molecule has 1 saturated heterocycles. The maximum Gasteiger partial charge on any atom is 0.331 e. The van der Waals surface area contributed by atoms with Gasteiger partial charge in [0.25, 0.3) is 0 Å². The molecule has 10 heteroatoms. The monoisotopic (exact) mass is 878 g/mol. The molecular formula is C54H71NO9. The fourth-order valence-corrected chi connectivity index (χ4v) is 19.8. The lowest BCUT2D eigenvalue weighted by atomic mass is 9.32. The molecule has 9 fully saturated rings. The van der Waals surface area contributed by atoms with Gasteiger partial charge in [-0.15, -0.1) is 0 Å². The Balaban J connectivity index is 1.05. The second kappa shape index (κ2) is 14.9. The number of aldehydes is 1. The first-order valence-corrected chi connectivity index (χ1v) is 25.7. The summed E-state index contributed by atoms with van der Waals surface area (Å²) < 4.78 is 13.2. The highest BCUT2D eigenvalue weighted by Gasteiger charge is 2.87. The first-order valence-electron chi connectivity index (χ1n) is 25.7. The maximum absolute atomic E-state index is 14.9. The molecule has 8 saturated carbocycles. The first-order chi connectivity index (χ1) is 30.9. The van der Waals surface area contributed by atoms with Crippen LogP contribution in [0, 0.1) is 87.3 Å². The zero-order valence-corrected chi connectivity index (χ0v) is 37.8. The summed E-state index contributed by atoms with van der Waals surface area (Å²) in [5, 5.41) is 70.7. The number of benzene rings is 1. The van der Waals surface area contributed by atoms with Gasteiger partial charge in [-0.1, -0.05) is 69.1 Å². The van der Waals surface area contributed by atoms with E-state index in [9.17, 15) is 35.1 Å². The van der Waals surface area contributed by atoms with Gasteiger partial charge in [-0.3, -0.25) is 5.32 Å². The van der Waals surface area contributed by atoms with Crippen LogP contribution in [0.1, 0.15) is 134 Å². The third-order valence-corrected chi connectivity index (χ3v) is 22.1. The van der Waals surface area contributed by atoms with Gasteiger partial charge in [-0.2, -0.15) is 0 Å². The van der Waals surface area contributed by atoms with Crippen LogP contribution >= 0.6 is 0 Å². The van der Waals surface area contributed by atoms with Crippen LogP contribution in [-0.4, -0.2) is 92.3 Å². The van der Waals surface area contributed by atoms with Crippen LogP contribution in [0.15, 0.2) is 35.9 Å². The van der Waals surface area contributed by atoms with Crippen LogP contribution in [0.2, 0.25) is 0 Å². The van der Waals surface area contributed by atoms with E-state index in [2.05, 4.69) is 30.1 Å². The molecule has 0 unspecified atom stereocenters. The third-order valence-electron chi connectivity index (χ3n) is 22.1. The van der Waals surface area contributed by atoms with Gasteiger partial charge in [0, 0.05) is 65.2 Å². The molecule has 1 aromatic carbocycles. The van der Waals surface area contributed by atoms with E-state index in [0.717, 1.165) is 61.5 Å². The number of nitrogens with one attached hydrogen (secondary N) is 1. The number of esters is 1. The number of aliphatic hydroxyl groups excluding tert-OH is 2. The van der Waals surface area contributed by atoms with Crippen molar-refractivity contribution >= 4 is 12.3 Å². The van der Waals surface area contributed by atoms with Gasteiger partial charge >= 0.3 is 5.97 Å². The number of hydrogen-bond donors (Lipinski definition) is 6. The normalized spacial score (nSPS) is 51.6. The molecule has 346 valence electrons. The van der Waals surface area contributed by atoms with Gasteiger partial charge in [0.2, 0.25) is 0 Å². The van der Waals surface area contributed by atoms with Crippen molar-refractivity contribution in [3.8, 4) is 11.8 Å². The Morgan fingerprint density at radius 1 is 0.938 bits per heavy atom. The fourth-order valence-electron chi connectivity index (χ4n) is 19.8. The van der Waals surface area contributed by atoms with Crippen molar-refractivity contribution in [3.63, 3.8) is 0 Å². The Bertz CT molecular complexity index is 2160.